The second kappa shape index (κ2) is 3.64. The number of hydrogen-bond donors (Lipinski definition) is 1. The molecular weight excluding hydrogens is 199 g/mol. The van der Waals surface area contributed by atoms with Crippen LogP contribution in [-0.4, -0.2) is 13.8 Å². The number of amides is 1. The van der Waals surface area contributed by atoms with E-state index in [0.29, 0.717) is 6.07 Å². The summed E-state index contributed by atoms with van der Waals surface area (Å²) in [5, 5.41) is 2.38. The van der Waals surface area contributed by atoms with Crippen molar-refractivity contribution in [2.24, 2.45) is 5.92 Å². The largest absolute Gasteiger partial charge is 0.323 e. The van der Waals surface area contributed by atoms with Gasteiger partial charge in [0.15, 0.2) is 0 Å². The van der Waals surface area contributed by atoms with Gasteiger partial charge in [-0.1, -0.05) is 5.46 Å². The first-order chi connectivity index (χ1) is 7.08. The lowest BCUT2D eigenvalue weighted by Crippen LogP contribution is -2.18. The summed E-state index contributed by atoms with van der Waals surface area (Å²) in [6.45, 7) is 0. The topological polar surface area (TPSA) is 29.1 Å². The molecule has 76 valence electrons. The van der Waals surface area contributed by atoms with E-state index in [4.69, 9.17) is 7.85 Å². The first-order valence-electron chi connectivity index (χ1n) is 4.63. The van der Waals surface area contributed by atoms with Crippen LogP contribution in [0.2, 0.25) is 0 Å². The fourth-order valence-corrected chi connectivity index (χ4v) is 1.24. The molecule has 1 fully saturated rings. The summed E-state index contributed by atoms with van der Waals surface area (Å²) in [6, 6.07) is 1.75. The molecule has 1 amide bonds. The monoisotopic (exact) mass is 207 g/mol. The van der Waals surface area contributed by atoms with Gasteiger partial charge in [-0.3, -0.25) is 4.79 Å². The van der Waals surface area contributed by atoms with E-state index in [9.17, 15) is 13.6 Å². The summed E-state index contributed by atoms with van der Waals surface area (Å²) in [6.07, 6.45) is 1.65. The van der Waals surface area contributed by atoms with E-state index in [2.05, 4.69) is 5.32 Å². The summed E-state index contributed by atoms with van der Waals surface area (Å²) in [7, 11) is 5.26. The van der Waals surface area contributed by atoms with Crippen molar-refractivity contribution >= 4 is 24.9 Å². The van der Waals surface area contributed by atoms with Gasteiger partial charge in [-0.25, -0.2) is 8.78 Å². The fraction of sp³-hybridized carbons (Fsp3) is 0.300. The van der Waals surface area contributed by atoms with Crippen molar-refractivity contribution < 1.29 is 13.6 Å². The predicted octanol–water partition coefficient (Wildman–Crippen LogP) is 1.11. The molecule has 2 nitrogen and oxygen atoms in total. The third-order valence-electron chi connectivity index (χ3n) is 2.29. The van der Waals surface area contributed by atoms with E-state index in [1.54, 1.807) is 0 Å². The van der Waals surface area contributed by atoms with Gasteiger partial charge >= 0.3 is 0 Å². The lowest BCUT2D eigenvalue weighted by molar-refractivity contribution is -0.117. The molecule has 2 radical (unpaired) electrons. The van der Waals surface area contributed by atoms with E-state index in [-0.39, 0.29) is 23.0 Å². The van der Waals surface area contributed by atoms with Gasteiger partial charge in [-0.15, -0.1) is 0 Å². The molecule has 15 heavy (non-hydrogen) atoms. The van der Waals surface area contributed by atoms with E-state index in [1.165, 1.54) is 0 Å². The minimum atomic E-state index is -0.822. The van der Waals surface area contributed by atoms with Crippen LogP contribution < -0.4 is 10.8 Å². The lowest BCUT2D eigenvalue weighted by Gasteiger charge is -2.07. The first kappa shape index (κ1) is 10.1. The standard InChI is InChI=1S/C10H8BF2NO/c11-6-3-9(8(13)4-7(6)12)14-10(15)5-1-2-5/h3-5H,1-2H2,(H,14,15). The van der Waals surface area contributed by atoms with Crippen LogP contribution in [-0.2, 0) is 4.79 Å². The predicted molar refractivity (Wildman–Crippen MR) is 53.1 cm³/mol. The summed E-state index contributed by atoms with van der Waals surface area (Å²) >= 11 is 0. The van der Waals surface area contributed by atoms with Gasteiger partial charge in [0.1, 0.15) is 19.5 Å². The Morgan fingerprint density at radius 2 is 2.00 bits per heavy atom. The van der Waals surface area contributed by atoms with E-state index < -0.39 is 11.6 Å². The Labute approximate surface area is 87.1 Å². The van der Waals surface area contributed by atoms with Crippen molar-refractivity contribution in [3.05, 3.63) is 23.8 Å². The zero-order valence-corrected chi connectivity index (χ0v) is 7.89. The van der Waals surface area contributed by atoms with Crippen LogP contribution in [0.15, 0.2) is 12.1 Å². The van der Waals surface area contributed by atoms with Crippen LogP contribution in [0, 0.1) is 17.6 Å². The van der Waals surface area contributed by atoms with Crippen molar-refractivity contribution in [1.82, 2.24) is 0 Å². The van der Waals surface area contributed by atoms with E-state index >= 15 is 0 Å². The zero-order valence-electron chi connectivity index (χ0n) is 7.89. The van der Waals surface area contributed by atoms with Gasteiger partial charge in [0.2, 0.25) is 5.91 Å². The van der Waals surface area contributed by atoms with Gasteiger partial charge in [0, 0.05) is 12.0 Å². The molecule has 5 heteroatoms. The Balaban J connectivity index is 2.20. The Morgan fingerprint density at radius 3 is 2.60 bits per heavy atom. The van der Waals surface area contributed by atoms with Gasteiger partial charge < -0.3 is 5.32 Å². The highest BCUT2D eigenvalue weighted by Crippen LogP contribution is 2.30. The number of carbonyl (C=O) groups is 1. The third kappa shape index (κ3) is 2.17. The Bertz CT molecular complexity index is 418. The SMILES string of the molecule is [B]c1cc(NC(=O)C2CC2)c(F)cc1F. The normalized spacial score (nSPS) is 15.1. The van der Waals surface area contributed by atoms with Crippen molar-refractivity contribution in [3.8, 4) is 0 Å². The molecule has 2 rings (SSSR count). The molecule has 0 spiro atoms. The van der Waals surface area contributed by atoms with Gasteiger partial charge in [-0.2, -0.15) is 0 Å². The average molecular weight is 207 g/mol. The van der Waals surface area contributed by atoms with Crippen LogP contribution in [0.3, 0.4) is 0 Å². The number of benzene rings is 1. The van der Waals surface area contributed by atoms with Crippen molar-refractivity contribution in [1.29, 1.82) is 0 Å². The molecule has 1 aromatic rings. The van der Waals surface area contributed by atoms with Crippen LogP contribution in [0.1, 0.15) is 12.8 Å². The number of anilines is 1. The average Bonchev–Trinajstić information content (AvgIpc) is 2.97. The summed E-state index contributed by atoms with van der Waals surface area (Å²) in [5.41, 5.74) is -0.242. The van der Waals surface area contributed by atoms with Crippen molar-refractivity contribution in [2.75, 3.05) is 5.32 Å². The number of carbonyl (C=O) groups excluding carboxylic acids is 1. The second-order valence-corrected chi connectivity index (χ2v) is 3.62. The molecule has 1 aliphatic carbocycles. The Kier molecular flexibility index (Phi) is 2.46. The molecule has 1 aromatic carbocycles. The van der Waals surface area contributed by atoms with Crippen LogP contribution in [0.4, 0.5) is 14.5 Å². The van der Waals surface area contributed by atoms with Crippen molar-refractivity contribution in [3.63, 3.8) is 0 Å². The molecule has 0 unspecified atom stereocenters. The molecule has 1 saturated carbocycles. The maximum Gasteiger partial charge on any atom is 0.227 e. The van der Waals surface area contributed by atoms with Gasteiger partial charge in [0.25, 0.3) is 0 Å². The van der Waals surface area contributed by atoms with Crippen molar-refractivity contribution in [2.45, 2.75) is 12.8 Å². The van der Waals surface area contributed by atoms with E-state index in [0.717, 1.165) is 18.9 Å². The first-order valence-corrected chi connectivity index (χ1v) is 4.63. The molecule has 0 atom stereocenters. The molecule has 0 bridgehead atoms. The fourth-order valence-electron chi connectivity index (χ4n) is 1.24. The minimum Gasteiger partial charge on any atom is -0.323 e. The number of hydrogen-bond acceptors (Lipinski definition) is 1. The molecule has 0 heterocycles. The molecule has 0 saturated heterocycles. The lowest BCUT2D eigenvalue weighted by atomic mass is 9.95. The van der Waals surface area contributed by atoms with Gasteiger partial charge in [0.05, 0.1) is 5.69 Å². The number of rotatable bonds is 2. The maximum atomic E-state index is 13.2. The highest BCUT2D eigenvalue weighted by molar-refractivity contribution is 6.32. The molecular formula is C10H8BF2NO. The second-order valence-electron chi connectivity index (χ2n) is 3.62. The molecule has 0 aromatic heterocycles. The van der Waals surface area contributed by atoms with Gasteiger partial charge in [-0.05, 0) is 18.9 Å². The summed E-state index contributed by atoms with van der Waals surface area (Å²) in [4.78, 5) is 11.3. The Morgan fingerprint density at radius 1 is 1.33 bits per heavy atom. The molecule has 1 aliphatic rings. The van der Waals surface area contributed by atoms with Crippen LogP contribution >= 0.6 is 0 Å². The molecule has 0 aliphatic heterocycles. The summed E-state index contributed by atoms with van der Waals surface area (Å²) < 4.78 is 26.0. The third-order valence-corrected chi connectivity index (χ3v) is 2.29. The number of halogens is 2. The highest BCUT2D eigenvalue weighted by atomic mass is 19.1. The smallest absolute Gasteiger partial charge is 0.227 e. The Hall–Kier alpha value is -1.39. The summed E-state index contributed by atoms with van der Waals surface area (Å²) in [5.74, 6) is -1.90. The molecule has 1 N–H and O–H groups in total. The zero-order chi connectivity index (χ0) is 11.0. The van der Waals surface area contributed by atoms with E-state index in [1.807, 2.05) is 0 Å². The minimum absolute atomic E-state index is 0.0318. The highest BCUT2D eigenvalue weighted by Gasteiger charge is 2.30. The van der Waals surface area contributed by atoms with Crippen LogP contribution in [0.5, 0.6) is 0 Å². The van der Waals surface area contributed by atoms with Crippen LogP contribution in [0.25, 0.3) is 0 Å². The quantitative estimate of drug-likeness (QED) is 0.723. The maximum absolute atomic E-state index is 13.2. The number of nitrogens with one attached hydrogen (secondary N) is 1.